The lowest BCUT2D eigenvalue weighted by atomic mass is 10.2. The molecule has 0 saturated heterocycles. The maximum Gasteiger partial charge on any atom is 0.260 e. The largest absolute Gasteiger partial charge is 0.323 e. The molecule has 2 aromatic heterocycles. The van der Waals surface area contributed by atoms with Crippen molar-refractivity contribution in [3.05, 3.63) is 47.9 Å². The summed E-state index contributed by atoms with van der Waals surface area (Å²) in [7, 11) is 0. The summed E-state index contributed by atoms with van der Waals surface area (Å²) < 4.78 is 0. The molecule has 92 valence electrons. The van der Waals surface area contributed by atoms with Crippen molar-refractivity contribution < 1.29 is 4.79 Å². The molecule has 0 radical (unpaired) electrons. The molecule has 0 aliphatic heterocycles. The number of aromatic nitrogens is 2. The molecule has 18 heavy (non-hydrogen) atoms. The fourth-order valence-electron chi connectivity index (χ4n) is 1.48. The average molecular weight is 243 g/mol. The molecule has 2 heterocycles. The minimum absolute atomic E-state index is 0.311. The number of nitrogens with zero attached hydrogens (tertiary/aromatic N) is 2. The minimum Gasteiger partial charge on any atom is -0.323 e. The molecule has 0 spiro atoms. The highest BCUT2D eigenvalue weighted by Crippen LogP contribution is 2.15. The van der Waals surface area contributed by atoms with Gasteiger partial charge < -0.3 is 10.7 Å². The maximum atomic E-state index is 12.0. The van der Waals surface area contributed by atoms with Gasteiger partial charge in [-0.25, -0.2) is 4.98 Å². The third-order valence-electron chi connectivity index (χ3n) is 2.35. The molecule has 0 atom stereocenters. The standard InChI is InChI=1S/C12H13N5O/c1-8-6-10(17-13)9(7-15-8)12(18)16-11-4-2-3-5-14-11/h2-7H,13H2,1H3,(H,15,17)(H,14,16,18). The van der Waals surface area contributed by atoms with Gasteiger partial charge >= 0.3 is 0 Å². The third-order valence-corrected chi connectivity index (χ3v) is 2.35. The lowest BCUT2D eigenvalue weighted by molar-refractivity contribution is 0.102. The van der Waals surface area contributed by atoms with Crippen LogP contribution in [-0.4, -0.2) is 15.9 Å². The van der Waals surface area contributed by atoms with Crippen LogP contribution in [0.3, 0.4) is 0 Å². The Morgan fingerprint density at radius 3 is 2.83 bits per heavy atom. The summed E-state index contributed by atoms with van der Waals surface area (Å²) in [5, 5.41) is 2.67. The fourth-order valence-corrected chi connectivity index (χ4v) is 1.48. The van der Waals surface area contributed by atoms with Crippen LogP contribution in [0.4, 0.5) is 11.5 Å². The van der Waals surface area contributed by atoms with Crippen LogP contribution < -0.4 is 16.6 Å². The van der Waals surface area contributed by atoms with Crippen LogP contribution in [0.25, 0.3) is 0 Å². The second-order valence-electron chi connectivity index (χ2n) is 3.68. The lowest BCUT2D eigenvalue weighted by Crippen LogP contribution is -2.18. The number of amides is 1. The smallest absolute Gasteiger partial charge is 0.260 e. The molecule has 0 saturated carbocycles. The van der Waals surface area contributed by atoms with E-state index < -0.39 is 0 Å². The zero-order valence-electron chi connectivity index (χ0n) is 9.84. The molecule has 0 fully saturated rings. The van der Waals surface area contributed by atoms with Crippen LogP contribution in [0.5, 0.6) is 0 Å². The van der Waals surface area contributed by atoms with Crippen molar-refractivity contribution in [2.45, 2.75) is 6.92 Å². The number of aryl methyl sites for hydroxylation is 1. The van der Waals surface area contributed by atoms with Crippen molar-refractivity contribution in [2.75, 3.05) is 10.7 Å². The molecule has 6 nitrogen and oxygen atoms in total. The van der Waals surface area contributed by atoms with Gasteiger partial charge in [0, 0.05) is 18.1 Å². The first kappa shape index (κ1) is 12.0. The Balaban J connectivity index is 2.24. The highest BCUT2D eigenvalue weighted by atomic mass is 16.1. The summed E-state index contributed by atoms with van der Waals surface area (Å²) in [5.74, 6) is 5.54. The van der Waals surface area contributed by atoms with Gasteiger partial charge in [0.1, 0.15) is 5.82 Å². The van der Waals surface area contributed by atoms with E-state index in [4.69, 9.17) is 5.84 Å². The Labute approximate surface area is 104 Å². The number of nitrogens with one attached hydrogen (secondary N) is 2. The molecule has 0 aromatic carbocycles. The van der Waals surface area contributed by atoms with Crippen molar-refractivity contribution >= 4 is 17.4 Å². The second-order valence-corrected chi connectivity index (χ2v) is 3.68. The van der Waals surface area contributed by atoms with Crippen LogP contribution in [0.15, 0.2) is 36.7 Å². The van der Waals surface area contributed by atoms with Gasteiger partial charge in [-0.05, 0) is 25.1 Å². The molecule has 0 bridgehead atoms. The Morgan fingerprint density at radius 2 is 2.17 bits per heavy atom. The molecule has 0 aliphatic rings. The SMILES string of the molecule is Cc1cc(NN)c(C(=O)Nc2ccccn2)cn1. The number of rotatable bonds is 3. The summed E-state index contributed by atoms with van der Waals surface area (Å²) in [6.45, 7) is 1.82. The predicted molar refractivity (Wildman–Crippen MR) is 69.0 cm³/mol. The monoisotopic (exact) mass is 243 g/mol. The molecule has 0 aliphatic carbocycles. The number of nitrogen functional groups attached to an aromatic ring is 1. The number of nitrogens with two attached hydrogens (primary N) is 1. The van der Waals surface area contributed by atoms with Gasteiger partial charge in [-0.2, -0.15) is 0 Å². The molecule has 6 heteroatoms. The van der Waals surface area contributed by atoms with Crippen LogP contribution in [0.1, 0.15) is 16.1 Å². The Kier molecular flexibility index (Phi) is 3.49. The van der Waals surface area contributed by atoms with Gasteiger partial charge in [0.25, 0.3) is 5.91 Å². The van der Waals surface area contributed by atoms with Crippen LogP contribution in [-0.2, 0) is 0 Å². The maximum absolute atomic E-state index is 12.0. The molecule has 0 unspecified atom stereocenters. The quantitative estimate of drug-likeness (QED) is 0.558. The average Bonchev–Trinajstić information content (AvgIpc) is 2.39. The van der Waals surface area contributed by atoms with Crippen molar-refractivity contribution in [3.8, 4) is 0 Å². The van der Waals surface area contributed by atoms with E-state index in [9.17, 15) is 4.79 Å². The molecule has 2 aromatic rings. The third kappa shape index (κ3) is 2.61. The van der Waals surface area contributed by atoms with E-state index in [0.717, 1.165) is 5.69 Å². The molecule has 2 rings (SSSR count). The van der Waals surface area contributed by atoms with E-state index in [0.29, 0.717) is 17.1 Å². The van der Waals surface area contributed by atoms with Gasteiger partial charge in [-0.15, -0.1) is 0 Å². The van der Waals surface area contributed by atoms with Gasteiger partial charge in [0.05, 0.1) is 11.3 Å². The van der Waals surface area contributed by atoms with Gasteiger partial charge in [-0.1, -0.05) is 6.07 Å². The molecule has 1 amide bonds. The Hall–Kier alpha value is -2.47. The topological polar surface area (TPSA) is 92.9 Å². The van der Waals surface area contributed by atoms with Crippen molar-refractivity contribution in [2.24, 2.45) is 5.84 Å². The van der Waals surface area contributed by atoms with Crippen molar-refractivity contribution in [1.29, 1.82) is 0 Å². The summed E-state index contributed by atoms with van der Waals surface area (Å²) in [5.41, 5.74) is 4.15. The first-order chi connectivity index (χ1) is 8.70. The van der Waals surface area contributed by atoms with E-state index in [2.05, 4.69) is 20.7 Å². The number of hydrazine groups is 1. The summed E-state index contributed by atoms with van der Waals surface area (Å²) >= 11 is 0. The number of anilines is 2. The van der Waals surface area contributed by atoms with Crippen molar-refractivity contribution in [1.82, 2.24) is 9.97 Å². The van der Waals surface area contributed by atoms with Crippen molar-refractivity contribution in [3.63, 3.8) is 0 Å². The Morgan fingerprint density at radius 1 is 1.33 bits per heavy atom. The van der Waals surface area contributed by atoms with E-state index in [1.807, 2.05) is 6.92 Å². The molecular formula is C12H13N5O. The van der Waals surface area contributed by atoms with E-state index in [1.165, 1.54) is 6.20 Å². The number of pyridine rings is 2. The van der Waals surface area contributed by atoms with E-state index in [-0.39, 0.29) is 5.91 Å². The zero-order chi connectivity index (χ0) is 13.0. The van der Waals surface area contributed by atoms with Crippen LogP contribution >= 0.6 is 0 Å². The number of hydrogen-bond acceptors (Lipinski definition) is 5. The first-order valence-electron chi connectivity index (χ1n) is 5.36. The second kappa shape index (κ2) is 5.24. The number of carbonyl (C=O) groups is 1. The highest BCUT2D eigenvalue weighted by Gasteiger charge is 2.12. The lowest BCUT2D eigenvalue weighted by Gasteiger charge is -2.09. The minimum atomic E-state index is -0.311. The molecular weight excluding hydrogens is 230 g/mol. The molecule has 4 N–H and O–H groups in total. The summed E-state index contributed by atoms with van der Waals surface area (Å²) in [4.78, 5) is 20.1. The van der Waals surface area contributed by atoms with Crippen LogP contribution in [0, 0.1) is 6.92 Å². The zero-order valence-corrected chi connectivity index (χ0v) is 9.84. The van der Waals surface area contributed by atoms with Gasteiger partial charge in [0.15, 0.2) is 0 Å². The van der Waals surface area contributed by atoms with Gasteiger partial charge in [-0.3, -0.25) is 15.6 Å². The van der Waals surface area contributed by atoms with E-state index >= 15 is 0 Å². The summed E-state index contributed by atoms with van der Waals surface area (Å²) in [6.07, 6.45) is 3.08. The van der Waals surface area contributed by atoms with E-state index in [1.54, 1.807) is 30.5 Å². The number of hydrogen-bond donors (Lipinski definition) is 3. The Bertz CT molecular complexity index is 556. The van der Waals surface area contributed by atoms with Crippen LogP contribution in [0.2, 0.25) is 0 Å². The predicted octanol–water partition coefficient (Wildman–Crippen LogP) is 1.32. The fraction of sp³-hybridized carbons (Fsp3) is 0.0833. The summed E-state index contributed by atoms with van der Waals surface area (Å²) in [6, 6.07) is 6.97. The first-order valence-corrected chi connectivity index (χ1v) is 5.36. The normalized spacial score (nSPS) is 9.89. The number of carbonyl (C=O) groups excluding carboxylic acids is 1. The highest BCUT2D eigenvalue weighted by molar-refractivity contribution is 6.07. The van der Waals surface area contributed by atoms with Gasteiger partial charge in [0.2, 0.25) is 0 Å².